The van der Waals surface area contributed by atoms with Crippen LogP contribution < -0.4 is 5.09 Å². The van der Waals surface area contributed by atoms with Gasteiger partial charge in [-0.15, -0.1) is 0 Å². The first-order valence-corrected chi connectivity index (χ1v) is 5.20. The number of hydrogen-bond donors (Lipinski definition) is 2. The van der Waals surface area contributed by atoms with Gasteiger partial charge >= 0.3 is 5.97 Å². The normalized spacial score (nSPS) is 28.2. The van der Waals surface area contributed by atoms with E-state index in [2.05, 4.69) is 5.09 Å². The van der Waals surface area contributed by atoms with Crippen LogP contribution in [-0.2, 0) is 4.79 Å². The summed E-state index contributed by atoms with van der Waals surface area (Å²) < 4.78 is 0. The van der Waals surface area contributed by atoms with Crippen molar-refractivity contribution in [2.75, 3.05) is 6.16 Å². The molecule has 0 aromatic heterocycles. The highest BCUT2D eigenvalue weighted by atomic mass is 31.1. The Balaban J connectivity index is 2.25. The van der Waals surface area contributed by atoms with Gasteiger partial charge in [-0.05, 0) is 19.0 Å². The van der Waals surface area contributed by atoms with Crippen LogP contribution >= 0.6 is 8.73 Å². The van der Waals surface area contributed by atoms with E-state index in [4.69, 9.17) is 5.11 Å². The van der Waals surface area contributed by atoms with Gasteiger partial charge in [0.15, 0.2) is 0 Å². The molecule has 1 saturated heterocycles. The summed E-state index contributed by atoms with van der Waals surface area (Å²) >= 11 is 0. The van der Waals surface area contributed by atoms with E-state index in [1.54, 1.807) is 0 Å². The molecule has 2 N–H and O–H groups in total. The van der Waals surface area contributed by atoms with E-state index in [0.29, 0.717) is 0 Å². The summed E-state index contributed by atoms with van der Waals surface area (Å²) in [7, 11) is 0.761. The van der Waals surface area contributed by atoms with Crippen LogP contribution in [0, 0.1) is 0 Å². The maximum atomic E-state index is 10.3. The Hall–Kier alpha value is -0.140. The lowest BCUT2D eigenvalue weighted by atomic mass is 10.1. The molecule has 0 bridgehead atoms. The van der Waals surface area contributed by atoms with Crippen molar-refractivity contribution in [3.05, 3.63) is 0 Å². The lowest BCUT2D eigenvalue weighted by Crippen LogP contribution is -2.24. The first kappa shape index (κ1) is 8.95. The minimum absolute atomic E-state index is 0.230. The predicted molar refractivity (Wildman–Crippen MR) is 46.2 cm³/mol. The predicted octanol–water partition coefficient (Wildman–Crippen LogP) is 1.20. The molecule has 1 heterocycles. The molecule has 0 spiro atoms. The van der Waals surface area contributed by atoms with Gasteiger partial charge in [-0.2, -0.15) is 0 Å². The zero-order valence-corrected chi connectivity index (χ0v) is 7.47. The average molecular weight is 175 g/mol. The Labute approximate surface area is 68.4 Å². The minimum atomic E-state index is -0.686. The van der Waals surface area contributed by atoms with E-state index in [-0.39, 0.29) is 12.5 Å². The second-order valence-corrected chi connectivity index (χ2v) is 4.00. The summed E-state index contributed by atoms with van der Waals surface area (Å²) in [6.07, 6.45) is 4.96. The second kappa shape index (κ2) is 4.68. The third-order valence-corrected chi connectivity index (χ3v) is 3.05. The topological polar surface area (TPSA) is 49.3 Å². The van der Waals surface area contributed by atoms with E-state index >= 15 is 0 Å². The van der Waals surface area contributed by atoms with Gasteiger partial charge in [0.25, 0.3) is 0 Å². The van der Waals surface area contributed by atoms with Gasteiger partial charge < -0.3 is 5.11 Å². The van der Waals surface area contributed by atoms with Gasteiger partial charge in [-0.3, -0.25) is 9.88 Å². The van der Waals surface area contributed by atoms with Crippen LogP contribution in [-0.4, -0.2) is 23.3 Å². The number of carbonyl (C=O) groups is 1. The maximum absolute atomic E-state index is 10.3. The number of aliphatic carboxylic acids is 1. The van der Waals surface area contributed by atoms with Crippen molar-refractivity contribution in [3.8, 4) is 0 Å². The lowest BCUT2D eigenvalue weighted by Gasteiger charge is -2.11. The summed E-state index contributed by atoms with van der Waals surface area (Å²) in [6, 6.07) is 0.230. The van der Waals surface area contributed by atoms with Crippen molar-refractivity contribution in [1.82, 2.24) is 5.09 Å². The van der Waals surface area contributed by atoms with Gasteiger partial charge in [0.05, 0.1) is 6.42 Å². The molecule has 0 aromatic rings. The Morgan fingerprint density at radius 1 is 1.64 bits per heavy atom. The Morgan fingerprint density at radius 2 is 2.45 bits per heavy atom. The van der Waals surface area contributed by atoms with Crippen molar-refractivity contribution in [2.24, 2.45) is 0 Å². The van der Waals surface area contributed by atoms with Gasteiger partial charge in [-0.25, -0.2) is 0 Å². The summed E-state index contributed by atoms with van der Waals surface area (Å²) in [5.41, 5.74) is 0. The van der Waals surface area contributed by atoms with Crippen LogP contribution in [0.3, 0.4) is 0 Å². The standard InChI is InChI=1S/C7H14NO2P/c9-7(10)5-6-3-1-2-4-11-8-6/h6,8,11H,1-5H2,(H,9,10). The summed E-state index contributed by atoms with van der Waals surface area (Å²) in [5, 5.41) is 11.8. The van der Waals surface area contributed by atoms with E-state index in [9.17, 15) is 4.79 Å². The van der Waals surface area contributed by atoms with Crippen LogP contribution in [0.2, 0.25) is 0 Å². The SMILES string of the molecule is O=C(O)CC1CCCCPN1. The molecule has 0 aliphatic carbocycles. The maximum Gasteiger partial charge on any atom is 0.304 e. The molecule has 0 amide bonds. The quantitative estimate of drug-likeness (QED) is 0.620. The molecule has 0 saturated carbocycles. The van der Waals surface area contributed by atoms with Crippen molar-refractivity contribution >= 4 is 14.7 Å². The van der Waals surface area contributed by atoms with E-state index in [1.807, 2.05) is 0 Å². The van der Waals surface area contributed by atoms with Crippen molar-refractivity contribution in [3.63, 3.8) is 0 Å². The first-order valence-electron chi connectivity index (χ1n) is 3.99. The molecule has 1 fully saturated rings. The van der Waals surface area contributed by atoms with Crippen LogP contribution in [0.5, 0.6) is 0 Å². The smallest absolute Gasteiger partial charge is 0.304 e. The van der Waals surface area contributed by atoms with Crippen LogP contribution in [0.4, 0.5) is 0 Å². The monoisotopic (exact) mass is 175 g/mol. The fourth-order valence-electron chi connectivity index (χ4n) is 1.26. The molecular weight excluding hydrogens is 161 g/mol. The first-order chi connectivity index (χ1) is 5.29. The minimum Gasteiger partial charge on any atom is -0.481 e. The highest BCUT2D eigenvalue weighted by Crippen LogP contribution is 2.19. The lowest BCUT2D eigenvalue weighted by molar-refractivity contribution is -0.137. The fourth-order valence-corrected chi connectivity index (χ4v) is 2.36. The molecule has 1 rings (SSSR count). The molecule has 0 radical (unpaired) electrons. The summed E-state index contributed by atoms with van der Waals surface area (Å²) in [6.45, 7) is 0. The number of carboxylic acids is 1. The number of hydrogen-bond acceptors (Lipinski definition) is 2. The van der Waals surface area contributed by atoms with E-state index in [1.165, 1.54) is 19.0 Å². The largest absolute Gasteiger partial charge is 0.481 e. The number of carboxylic acid groups (broad SMARTS) is 1. The molecule has 0 aromatic carbocycles. The molecule has 2 atom stereocenters. The molecule has 64 valence electrons. The number of rotatable bonds is 2. The highest BCUT2D eigenvalue weighted by molar-refractivity contribution is 7.35. The zero-order valence-electron chi connectivity index (χ0n) is 6.47. The van der Waals surface area contributed by atoms with Crippen LogP contribution in [0.15, 0.2) is 0 Å². The van der Waals surface area contributed by atoms with Gasteiger partial charge in [0.2, 0.25) is 0 Å². The highest BCUT2D eigenvalue weighted by Gasteiger charge is 2.13. The Bertz CT molecular complexity index is 132. The van der Waals surface area contributed by atoms with Gasteiger partial charge in [0, 0.05) is 6.04 Å². The van der Waals surface area contributed by atoms with Crippen molar-refractivity contribution in [1.29, 1.82) is 0 Å². The number of nitrogens with one attached hydrogen (secondary N) is 1. The van der Waals surface area contributed by atoms with Gasteiger partial charge in [0.1, 0.15) is 0 Å². The summed E-state index contributed by atoms with van der Waals surface area (Å²) in [5.74, 6) is -0.686. The molecule has 11 heavy (non-hydrogen) atoms. The third-order valence-electron chi connectivity index (χ3n) is 1.83. The third kappa shape index (κ3) is 3.68. The molecule has 1 aliphatic rings. The van der Waals surface area contributed by atoms with Crippen LogP contribution in [0.25, 0.3) is 0 Å². The molecule has 2 unspecified atom stereocenters. The van der Waals surface area contributed by atoms with Crippen molar-refractivity contribution < 1.29 is 9.90 Å². The average Bonchev–Trinajstić information content (AvgIpc) is 2.14. The van der Waals surface area contributed by atoms with Gasteiger partial charge in [-0.1, -0.05) is 15.2 Å². The van der Waals surface area contributed by atoms with Crippen molar-refractivity contribution in [2.45, 2.75) is 31.7 Å². The second-order valence-electron chi connectivity index (χ2n) is 2.86. The van der Waals surface area contributed by atoms with E-state index < -0.39 is 5.97 Å². The summed E-state index contributed by atoms with van der Waals surface area (Å²) in [4.78, 5) is 10.3. The fraction of sp³-hybridized carbons (Fsp3) is 0.857. The molecular formula is C7H14NO2P. The molecule has 1 aliphatic heterocycles. The Morgan fingerprint density at radius 3 is 3.18 bits per heavy atom. The Kier molecular flexibility index (Phi) is 3.81. The van der Waals surface area contributed by atoms with E-state index in [0.717, 1.165) is 15.2 Å². The molecule has 4 heteroatoms. The van der Waals surface area contributed by atoms with Crippen LogP contribution in [0.1, 0.15) is 25.7 Å². The molecule has 3 nitrogen and oxygen atoms in total. The zero-order chi connectivity index (χ0) is 8.10.